The SMILES string of the molecule is CC(=O)N[C@H]1[C@H](O[C@H]2[C@H](O)[C@@H](NC(C)=O)C(O)O[C@@H]2CO[C@@H]2O[C@@H](C)[C@@H](O)[C@@H](O)[C@@H]2O)O[C@H](CO)[C@@H](O[C@H]2O[C@H](CO[C@H]3O[C@H](CO)[C@@H](O)[C@H](O)[C@@H]3O)[C@@H](O)[C@H](O[C@H]3O[C@H](CO)[C@@H](O)[C@H](O[C@H]4O[C@H](CO)[C@@H](O)[C@H](O)[C@@H]4O)[C@@H]3O)[C@@H]2O)[C@@H]1O. The van der Waals surface area contributed by atoms with E-state index >= 15 is 0 Å². The Balaban J connectivity index is 1.16. The van der Waals surface area contributed by atoms with Crippen LogP contribution in [0.2, 0.25) is 0 Å². The van der Waals surface area contributed by atoms with Crippen molar-refractivity contribution in [3.63, 3.8) is 0 Å². The largest absolute Gasteiger partial charge is 0.394 e. The highest BCUT2D eigenvalue weighted by atomic mass is 16.8. The van der Waals surface area contributed by atoms with Gasteiger partial charge in [-0.2, -0.15) is 0 Å². The zero-order valence-electron chi connectivity index (χ0n) is 44.5. The van der Waals surface area contributed by atoms with Gasteiger partial charge in [-0.05, 0) is 6.92 Å². The lowest BCUT2D eigenvalue weighted by Gasteiger charge is -2.50. The molecule has 2 amide bonds. The van der Waals surface area contributed by atoms with E-state index in [9.17, 15) is 112 Å². The summed E-state index contributed by atoms with van der Waals surface area (Å²) in [4.78, 5) is 25.0. The van der Waals surface area contributed by atoms with Crippen molar-refractivity contribution < 1.29 is 173 Å². The van der Waals surface area contributed by atoms with Crippen molar-refractivity contribution >= 4 is 11.8 Å². The molecule has 7 aliphatic heterocycles. The van der Waals surface area contributed by atoms with Gasteiger partial charge in [0.25, 0.3) is 0 Å². The van der Waals surface area contributed by atoms with Crippen LogP contribution in [0.3, 0.4) is 0 Å². The molecule has 7 rings (SSSR count). The lowest BCUT2D eigenvalue weighted by molar-refractivity contribution is -0.392. The second kappa shape index (κ2) is 29.3. The summed E-state index contributed by atoms with van der Waals surface area (Å²) < 4.78 is 74.6. The molecular formula is C46H78N2O35. The van der Waals surface area contributed by atoms with Crippen LogP contribution in [-0.4, -0.2) is 368 Å². The highest BCUT2D eigenvalue weighted by Crippen LogP contribution is 2.37. The van der Waals surface area contributed by atoms with Crippen LogP contribution >= 0.6 is 0 Å². The standard InChI is InChI=1S/C46H78N2O35/c1-10-21(55)28(62)31(65)42(73-10)72-9-18-37(26(60)19(40(70)74-18)47-11(2)53)80-41-20(48-12(3)54)27(61)36(16(7-52)78-41)81-46-35(69)39(25(59)17(79-46)8-71-43-32(66)29(63)22(56)13(4-49)75-43)83-45-34(68)38(24(58)15(6-51)77-45)82-44-33(67)30(64)23(57)14(5-50)76-44/h10,13-46,49-52,55-70H,4-9H2,1-3H3,(H,47,53)(H,48,54)/t10-,13+,14+,15+,16+,17+,18+,19+,20+,21+,22+,23+,24+,25+,26+,27+,28+,29-,30-,31-,32-,33-,34-,35-,36+,37+,38-,39-,40?,41-,42+,43-,44+,45+,46+/m0/s1. The summed E-state index contributed by atoms with van der Waals surface area (Å²) in [5.41, 5.74) is 0. The third-order valence-corrected chi connectivity index (χ3v) is 15.3. The van der Waals surface area contributed by atoms with E-state index in [0.29, 0.717) is 0 Å². The summed E-state index contributed by atoms with van der Waals surface area (Å²) in [5, 5.41) is 221. The van der Waals surface area contributed by atoms with Crippen LogP contribution in [0.5, 0.6) is 0 Å². The molecular weight excluding hydrogens is 1140 g/mol. The van der Waals surface area contributed by atoms with E-state index in [1.54, 1.807) is 0 Å². The lowest BCUT2D eigenvalue weighted by atomic mass is 9.93. The van der Waals surface area contributed by atoms with Crippen molar-refractivity contribution in [3.05, 3.63) is 0 Å². The number of carbonyl (C=O) groups is 2. The van der Waals surface area contributed by atoms with E-state index in [1.165, 1.54) is 6.92 Å². The molecule has 0 aromatic carbocycles. The van der Waals surface area contributed by atoms with Crippen LogP contribution in [0.1, 0.15) is 20.8 Å². The molecule has 482 valence electrons. The van der Waals surface area contributed by atoms with Gasteiger partial charge in [-0.15, -0.1) is 0 Å². The topological polar surface area (TPSA) is 583 Å². The Morgan fingerprint density at radius 1 is 0.337 bits per heavy atom. The van der Waals surface area contributed by atoms with Gasteiger partial charge in [0.2, 0.25) is 11.8 Å². The van der Waals surface area contributed by atoms with Crippen LogP contribution in [0.15, 0.2) is 0 Å². The van der Waals surface area contributed by atoms with Crippen molar-refractivity contribution in [2.75, 3.05) is 39.6 Å². The van der Waals surface area contributed by atoms with E-state index < -0.39 is 266 Å². The maximum Gasteiger partial charge on any atom is 0.217 e. The molecule has 0 aromatic heterocycles. The number of hydrogen-bond donors (Lipinski definition) is 22. The molecule has 37 heteroatoms. The Bertz CT molecular complexity index is 2040. The van der Waals surface area contributed by atoms with E-state index in [0.717, 1.165) is 13.8 Å². The average Bonchev–Trinajstić information content (AvgIpc) is 3.50. The van der Waals surface area contributed by atoms with Crippen molar-refractivity contribution in [2.24, 2.45) is 0 Å². The van der Waals surface area contributed by atoms with E-state index in [1.807, 2.05) is 0 Å². The first-order valence-electron chi connectivity index (χ1n) is 26.5. The summed E-state index contributed by atoms with van der Waals surface area (Å²) in [6.07, 6.45) is -63.3. The number of ether oxygens (including phenoxy) is 13. The minimum atomic E-state index is -2.36. The number of aliphatic hydroxyl groups excluding tert-OH is 20. The Morgan fingerprint density at radius 3 is 1.19 bits per heavy atom. The molecule has 0 aliphatic carbocycles. The molecule has 7 aliphatic rings. The fraction of sp³-hybridized carbons (Fsp3) is 0.957. The summed E-state index contributed by atoms with van der Waals surface area (Å²) in [7, 11) is 0. The van der Waals surface area contributed by atoms with Gasteiger partial charge < -0.3 is 174 Å². The highest BCUT2D eigenvalue weighted by molar-refractivity contribution is 5.73. The van der Waals surface area contributed by atoms with Crippen LogP contribution in [0.4, 0.5) is 0 Å². The Hall–Kier alpha value is -2.38. The number of hydrogen-bond acceptors (Lipinski definition) is 35. The average molecular weight is 1220 g/mol. The molecule has 0 bridgehead atoms. The molecule has 83 heavy (non-hydrogen) atoms. The number of rotatable bonds is 20. The zero-order chi connectivity index (χ0) is 61.2. The Kier molecular flexibility index (Phi) is 24.0. The first-order valence-corrected chi connectivity index (χ1v) is 26.5. The van der Waals surface area contributed by atoms with Gasteiger partial charge in [0.05, 0.1) is 45.7 Å². The first-order chi connectivity index (χ1) is 39.2. The third kappa shape index (κ3) is 14.9. The van der Waals surface area contributed by atoms with E-state index in [4.69, 9.17) is 61.6 Å². The summed E-state index contributed by atoms with van der Waals surface area (Å²) in [6.45, 7) is -2.34. The monoisotopic (exact) mass is 1220 g/mol. The molecule has 22 N–H and O–H groups in total. The Labute approximate surface area is 470 Å². The van der Waals surface area contributed by atoms with Gasteiger partial charge >= 0.3 is 0 Å². The smallest absolute Gasteiger partial charge is 0.217 e. The third-order valence-electron chi connectivity index (χ3n) is 15.3. The van der Waals surface area contributed by atoms with Gasteiger partial charge in [0.15, 0.2) is 44.0 Å². The van der Waals surface area contributed by atoms with Gasteiger partial charge in [-0.3, -0.25) is 9.59 Å². The normalized spacial score (nSPS) is 50.8. The van der Waals surface area contributed by atoms with Crippen molar-refractivity contribution in [1.29, 1.82) is 0 Å². The van der Waals surface area contributed by atoms with E-state index in [2.05, 4.69) is 10.6 Å². The maximum absolute atomic E-state index is 12.8. The van der Waals surface area contributed by atoms with Crippen molar-refractivity contribution in [3.8, 4) is 0 Å². The van der Waals surface area contributed by atoms with Crippen LogP contribution in [-0.2, 0) is 71.2 Å². The summed E-state index contributed by atoms with van der Waals surface area (Å²) >= 11 is 0. The summed E-state index contributed by atoms with van der Waals surface area (Å²) in [5.74, 6) is -1.67. The molecule has 7 fully saturated rings. The molecule has 7 saturated heterocycles. The number of carbonyl (C=O) groups excluding carboxylic acids is 2. The molecule has 1 unspecified atom stereocenters. The number of amides is 2. The molecule has 0 saturated carbocycles. The predicted octanol–water partition coefficient (Wildman–Crippen LogP) is -15.0. The van der Waals surface area contributed by atoms with Crippen LogP contribution < -0.4 is 10.6 Å². The van der Waals surface area contributed by atoms with Crippen LogP contribution in [0.25, 0.3) is 0 Å². The first kappa shape index (κ1) is 68.1. The van der Waals surface area contributed by atoms with Gasteiger partial charge in [-0.25, -0.2) is 0 Å². The van der Waals surface area contributed by atoms with E-state index in [-0.39, 0.29) is 0 Å². The van der Waals surface area contributed by atoms with Crippen molar-refractivity contribution in [1.82, 2.24) is 10.6 Å². The van der Waals surface area contributed by atoms with Gasteiger partial charge in [0, 0.05) is 13.8 Å². The fourth-order valence-electron chi connectivity index (χ4n) is 10.5. The maximum atomic E-state index is 12.8. The minimum absolute atomic E-state index is 0.762. The van der Waals surface area contributed by atoms with Gasteiger partial charge in [0.1, 0.15) is 165 Å². The second-order valence-corrected chi connectivity index (χ2v) is 21.1. The molecule has 37 nitrogen and oxygen atoms in total. The molecule has 0 aromatic rings. The number of aliphatic hydroxyl groups is 20. The quantitative estimate of drug-likeness (QED) is 0.0538. The zero-order valence-corrected chi connectivity index (χ0v) is 44.5. The van der Waals surface area contributed by atoms with Crippen molar-refractivity contribution in [2.45, 2.75) is 236 Å². The minimum Gasteiger partial charge on any atom is -0.394 e. The molecule has 7 heterocycles. The molecule has 0 spiro atoms. The van der Waals surface area contributed by atoms with Crippen LogP contribution in [0, 0.1) is 0 Å². The lowest BCUT2D eigenvalue weighted by Crippen LogP contribution is -2.70. The highest BCUT2D eigenvalue weighted by Gasteiger charge is 2.58. The Morgan fingerprint density at radius 2 is 0.687 bits per heavy atom. The predicted molar refractivity (Wildman–Crippen MR) is 254 cm³/mol. The number of nitrogens with one attached hydrogen (secondary N) is 2. The second-order valence-electron chi connectivity index (χ2n) is 21.1. The van der Waals surface area contributed by atoms with Gasteiger partial charge in [-0.1, -0.05) is 0 Å². The molecule has 35 atom stereocenters. The molecule has 0 radical (unpaired) electrons. The summed E-state index contributed by atoms with van der Waals surface area (Å²) in [6, 6.07) is -3.51. The fourth-order valence-corrected chi connectivity index (χ4v) is 10.5.